The number of piperidine rings is 1. The van der Waals surface area contributed by atoms with Crippen LogP contribution in [-0.2, 0) is 14.8 Å². The molecule has 0 aliphatic carbocycles. The van der Waals surface area contributed by atoms with E-state index in [1.807, 2.05) is 0 Å². The van der Waals surface area contributed by atoms with Gasteiger partial charge in [-0.25, -0.2) is 8.42 Å². The van der Waals surface area contributed by atoms with E-state index in [0.29, 0.717) is 24.9 Å². The third-order valence-corrected chi connectivity index (χ3v) is 5.33. The van der Waals surface area contributed by atoms with Crippen molar-refractivity contribution >= 4 is 22.2 Å². The van der Waals surface area contributed by atoms with Gasteiger partial charge < -0.3 is 10.1 Å². The molecule has 1 saturated heterocycles. The van der Waals surface area contributed by atoms with Gasteiger partial charge in [0.1, 0.15) is 6.29 Å². The Balaban J connectivity index is 2.14. The fourth-order valence-corrected chi connectivity index (χ4v) is 3.79. The normalized spacial score (nSPS) is 16.4. The molecule has 1 heterocycles. The van der Waals surface area contributed by atoms with Crippen molar-refractivity contribution in [3.63, 3.8) is 0 Å². The number of amides is 1. The zero-order valence-corrected chi connectivity index (χ0v) is 12.4. The van der Waals surface area contributed by atoms with Crippen molar-refractivity contribution in [3.05, 3.63) is 29.8 Å². The number of hydrogen-bond acceptors (Lipinski definition) is 4. The summed E-state index contributed by atoms with van der Waals surface area (Å²) < 4.78 is 26.3. The first kappa shape index (κ1) is 15.7. The van der Waals surface area contributed by atoms with Gasteiger partial charge >= 0.3 is 0 Å². The third kappa shape index (κ3) is 3.68. The summed E-state index contributed by atoms with van der Waals surface area (Å²) >= 11 is 0. The molecule has 1 fully saturated rings. The van der Waals surface area contributed by atoms with Crippen molar-refractivity contribution < 1.29 is 18.0 Å². The van der Waals surface area contributed by atoms with Crippen molar-refractivity contribution in [1.82, 2.24) is 9.62 Å². The average Bonchev–Trinajstić information content (AvgIpc) is 2.53. The molecule has 21 heavy (non-hydrogen) atoms. The molecule has 6 nitrogen and oxygen atoms in total. The first-order valence-electron chi connectivity index (χ1n) is 6.88. The lowest BCUT2D eigenvalue weighted by molar-refractivity contribution is -0.107. The number of carbonyl (C=O) groups is 2. The minimum Gasteiger partial charge on any atom is -0.345 e. The van der Waals surface area contributed by atoms with Gasteiger partial charge in [-0.05, 0) is 37.1 Å². The highest BCUT2D eigenvalue weighted by molar-refractivity contribution is 7.89. The summed E-state index contributed by atoms with van der Waals surface area (Å²) in [5.41, 5.74) is 0.328. The van der Waals surface area contributed by atoms with E-state index < -0.39 is 15.9 Å². The predicted octanol–water partition coefficient (Wildman–Crippen LogP) is 0.790. The lowest BCUT2D eigenvalue weighted by atomic mass is 10.2. The molecule has 0 radical (unpaired) electrons. The first-order chi connectivity index (χ1) is 10.1. The summed E-state index contributed by atoms with van der Waals surface area (Å²) in [6.07, 6.45) is 3.41. The molecule has 0 saturated carbocycles. The molecule has 0 bridgehead atoms. The lowest BCUT2D eigenvalue weighted by Gasteiger charge is -2.25. The molecule has 1 aliphatic heterocycles. The largest absolute Gasteiger partial charge is 0.345 e. The minimum atomic E-state index is -3.48. The van der Waals surface area contributed by atoms with E-state index in [2.05, 4.69) is 5.32 Å². The van der Waals surface area contributed by atoms with E-state index >= 15 is 0 Å². The topological polar surface area (TPSA) is 83.5 Å². The molecule has 0 atom stereocenters. The second-order valence-electron chi connectivity index (χ2n) is 4.87. The molecule has 1 aromatic rings. The molecule has 1 aliphatic rings. The zero-order valence-electron chi connectivity index (χ0n) is 11.6. The molecular weight excluding hydrogens is 292 g/mol. The maximum Gasteiger partial charge on any atom is 0.251 e. The van der Waals surface area contributed by atoms with E-state index in [1.54, 1.807) is 0 Å². The van der Waals surface area contributed by atoms with Gasteiger partial charge in [-0.1, -0.05) is 6.42 Å². The number of nitrogens with one attached hydrogen (secondary N) is 1. The van der Waals surface area contributed by atoms with Gasteiger partial charge in [-0.2, -0.15) is 4.31 Å². The summed E-state index contributed by atoms with van der Waals surface area (Å²) in [6.45, 7) is 1.03. The van der Waals surface area contributed by atoms with E-state index in [9.17, 15) is 18.0 Å². The highest BCUT2D eigenvalue weighted by Crippen LogP contribution is 2.20. The van der Waals surface area contributed by atoms with E-state index in [4.69, 9.17) is 0 Å². The van der Waals surface area contributed by atoms with Crippen molar-refractivity contribution in [3.8, 4) is 0 Å². The van der Waals surface area contributed by atoms with E-state index in [0.717, 1.165) is 19.3 Å². The van der Waals surface area contributed by atoms with Crippen molar-refractivity contribution in [1.29, 1.82) is 0 Å². The summed E-state index contributed by atoms with van der Waals surface area (Å²) in [5.74, 6) is -0.399. The standard InChI is InChI=1S/C14H18N2O4S/c17-11-8-15-14(18)12-4-6-13(7-5-12)21(19,20)16-9-2-1-3-10-16/h4-7,11H,1-3,8-10H2,(H,15,18). The number of rotatable bonds is 5. The summed E-state index contributed by atoms with van der Waals surface area (Å²) in [7, 11) is -3.48. The van der Waals surface area contributed by atoms with Gasteiger partial charge in [0.25, 0.3) is 5.91 Å². The van der Waals surface area contributed by atoms with Crippen LogP contribution in [0, 0.1) is 0 Å². The number of hydrogen-bond donors (Lipinski definition) is 1. The van der Waals surface area contributed by atoms with Crippen LogP contribution in [0.25, 0.3) is 0 Å². The second kappa shape index (κ2) is 6.82. The van der Waals surface area contributed by atoms with Crippen molar-refractivity contribution in [2.75, 3.05) is 19.6 Å². The smallest absolute Gasteiger partial charge is 0.251 e. The van der Waals surface area contributed by atoms with Crippen LogP contribution in [0.5, 0.6) is 0 Å². The van der Waals surface area contributed by atoms with Crippen molar-refractivity contribution in [2.45, 2.75) is 24.2 Å². The fourth-order valence-electron chi connectivity index (χ4n) is 2.27. The molecular formula is C14H18N2O4S. The Morgan fingerprint density at radius 2 is 1.76 bits per heavy atom. The van der Waals surface area contributed by atoms with Gasteiger partial charge in [0.15, 0.2) is 0 Å². The minimum absolute atomic E-state index is 0.0628. The maximum atomic E-state index is 12.4. The zero-order chi connectivity index (χ0) is 15.3. The second-order valence-corrected chi connectivity index (χ2v) is 6.80. The van der Waals surface area contributed by atoms with E-state index in [1.165, 1.54) is 28.6 Å². The highest BCUT2D eigenvalue weighted by Gasteiger charge is 2.25. The number of nitrogens with zero attached hydrogens (tertiary/aromatic N) is 1. The van der Waals surface area contributed by atoms with E-state index in [-0.39, 0.29) is 11.4 Å². The molecule has 7 heteroatoms. The SMILES string of the molecule is O=CCNC(=O)c1ccc(S(=O)(=O)N2CCCCC2)cc1. The monoisotopic (exact) mass is 310 g/mol. The number of aldehydes is 1. The summed E-state index contributed by atoms with van der Waals surface area (Å²) in [5, 5.41) is 2.40. The van der Waals surface area contributed by atoms with Gasteiger partial charge in [-0.15, -0.1) is 0 Å². The fraction of sp³-hybridized carbons (Fsp3) is 0.429. The molecule has 1 aromatic carbocycles. The Hall–Kier alpha value is -1.73. The molecule has 1 amide bonds. The quantitative estimate of drug-likeness (QED) is 0.815. The predicted molar refractivity (Wildman–Crippen MR) is 77.4 cm³/mol. The lowest BCUT2D eigenvalue weighted by Crippen LogP contribution is -2.35. The van der Waals surface area contributed by atoms with Gasteiger partial charge in [0.2, 0.25) is 10.0 Å². The molecule has 0 spiro atoms. The number of sulfonamides is 1. The van der Waals surface area contributed by atoms with Crippen LogP contribution in [0.3, 0.4) is 0 Å². The Kier molecular flexibility index (Phi) is 5.08. The van der Waals surface area contributed by atoms with Crippen LogP contribution < -0.4 is 5.32 Å². The molecule has 2 rings (SSSR count). The van der Waals surface area contributed by atoms with Crippen molar-refractivity contribution in [2.24, 2.45) is 0 Å². The summed E-state index contributed by atoms with van der Waals surface area (Å²) in [4.78, 5) is 22.0. The molecule has 0 unspecified atom stereocenters. The first-order valence-corrected chi connectivity index (χ1v) is 8.32. The Labute approximate surface area is 124 Å². The van der Waals surface area contributed by atoms with Gasteiger partial charge in [0, 0.05) is 18.7 Å². The van der Waals surface area contributed by atoms with Crippen LogP contribution in [0.15, 0.2) is 29.2 Å². The van der Waals surface area contributed by atoms with Crippen LogP contribution in [0.1, 0.15) is 29.6 Å². The Morgan fingerprint density at radius 1 is 1.14 bits per heavy atom. The molecule has 0 aromatic heterocycles. The molecule has 1 N–H and O–H groups in total. The van der Waals surface area contributed by atoms with Gasteiger partial charge in [-0.3, -0.25) is 4.79 Å². The third-order valence-electron chi connectivity index (χ3n) is 3.42. The van der Waals surface area contributed by atoms with Crippen LogP contribution in [0.4, 0.5) is 0 Å². The summed E-state index contributed by atoms with van der Waals surface area (Å²) in [6, 6.07) is 5.77. The van der Waals surface area contributed by atoms with Crippen LogP contribution in [-0.4, -0.2) is 44.6 Å². The Morgan fingerprint density at radius 3 is 2.33 bits per heavy atom. The van der Waals surface area contributed by atoms with Crippen LogP contribution >= 0.6 is 0 Å². The Bertz CT molecular complexity index is 604. The maximum absolute atomic E-state index is 12.4. The van der Waals surface area contributed by atoms with Crippen LogP contribution in [0.2, 0.25) is 0 Å². The number of carbonyl (C=O) groups excluding carboxylic acids is 2. The molecule has 114 valence electrons. The number of benzene rings is 1. The van der Waals surface area contributed by atoms with Gasteiger partial charge in [0.05, 0.1) is 11.4 Å². The average molecular weight is 310 g/mol. The highest BCUT2D eigenvalue weighted by atomic mass is 32.2.